The number of hydrogen-bond acceptors (Lipinski definition) is 2. The predicted molar refractivity (Wildman–Crippen MR) is 56.6 cm³/mol. The first-order valence-corrected chi connectivity index (χ1v) is 4.70. The van der Waals surface area contributed by atoms with Crippen LogP contribution < -0.4 is 5.73 Å². The molecular formula is C11H12FN3. The van der Waals surface area contributed by atoms with E-state index in [1.165, 1.54) is 12.1 Å². The minimum atomic E-state index is -0.254. The Morgan fingerprint density at radius 2 is 2.20 bits per heavy atom. The van der Waals surface area contributed by atoms with Gasteiger partial charge in [0, 0.05) is 24.0 Å². The van der Waals surface area contributed by atoms with E-state index >= 15 is 0 Å². The molecule has 0 aliphatic rings. The molecule has 4 heteroatoms. The molecule has 0 saturated heterocycles. The molecule has 3 N–H and O–H groups in total. The number of hydrogen-bond donors (Lipinski definition) is 2. The highest BCUT2D eigenvalue weighted by Gasteiger charge is 2.04. The van der Waals surface area contributed by atoms with Crippen LogP contribution in [-0.2, 0) is 6.54 Å². The molecule has 1 aromatic heterocycles. The number of aromatic nitrogens is 2. The summed E-state index contributed by atoms with van der Waals surface area (Å²) < 4.78 is 13.1. The second-order valence-corrected chi connectivity index (χ2v) is 3.48. The van der Waals surface area contributed by atoms with E-state index in [9.17, 15) is 4.39 Å². The fourth-order valence-electron chi connectivity index (χ4n) is 1.48. The minimum Gasteiger partial charge on any atom is -0.341 e. The van der Waals surface area contributed by atoms with E-state index in [0.29, 0.717) is 12.4 Å². The van der Waals surface area contributed by atoms with Crippen molar-refractivity contribution in [3.8, 4) is 11.4 Å². The van der Waals surface area contributed by atoms with E-state index in [2.05, 4.69) is 9.97 Å². The van der Waals surface area contributed by atoms with Crippen LogP contribution in [0.4, 0.5) is 4.39 Å². The Morgan fingerprint density at radius 3 is 2.80 bits per heavy atom. The van der Waals surface area contributed by atoms with Crippen LogP contribution in [0.25, 0.3) is 11.4 Å². The molecule has 15 heavy (non-hydrogen) atoms. The second kappa shape index (κ2) is 3.82. The smallest absolute Gasteiger partial charge is 0.137 e. The quantitative estimate of drug-likeness (QED) is 0.787. The summed E-state index contributed by atoms with van der Waals surface area (Å²) in [6.07, 6.45) is 1.66. The number of nitrogens with zero attached hydrogens (tertiary/aromatic N) is 1. The molecule has 0 atom stereocenters. The zero-order valence-electron chi connectivity index (χ0n) is 8.42. The normalized spacial score (nSPS) is 10.6. The van der Waals surface area contributed by atoms with E-state index < -0.39 is 0 Å². The summed E-state index contributed by atoms with van der Waals surface area (Å²) in [4.78, 5) is 7.17. The zero-order chi connectivity index (χ0) is 10.8. The van der Waals surface area contributed by atoms with Gasteiger partial charge in [0.15, 0.2) is 0 Å². The van der Waals surface area contributed by atoms with E-state index in [-0.39, 0.29) is 5.82 Å². The zero-order valence-corrected chi connectivity index (χ0v) is 8.42. The maximum atomic E-state index is 13.1. The molecule has 0 aliphatic carbocycles. The number of nitrogens with one attached hydrogen (secondary N) is 1. The Labute approximate surface area is 87.2 Å². The molecule has 0 bridgehead atoms. The molecule has 0 spiro atoms. The van der Waals surface area contributed by atoms with Gasteiger partial charge < -0.3 is 10.7 Å². The number of nitrogens with two attached hydrogens (primary N) is 1. The van der Waals surface area contributed by atoms with Crippen LogP contribution in [0.2, 0.25) is 0 Å². The Kier molecular flexibility index (Phi) is 2.51. The van der Waals surface area contributed by atoms with Crippen molar-refractivity contribution in [1.29, 1.82) is 0 Å². The third-order valence-corrected chi connectivity index (χ3v) is 2.16. The molecule has 0 aliphatic heterocycles. The summed E-state index contributed by atoms with van der Waals surface area (Å²) in [7, 11) is 0. The lowest BCUT2D eigenvalue weighted by Crippen LogP contribution is -1.95. The van der Waals surface area contributed by atoms with E-state index in [4.69, 9.17) is 5.73 Å². The number of H-pyrrole nitrogens is 1. The average molecular weight is 205 g/mol. The Balaban J connectivity index is 2.44. The molecular weight excluding hydrogens is 193 g/mol. The third kappa shape index (κ3) is 2.05. The summed E-state index contributed by atoms with van der Waals surface area (Å²) in [5.41, 5.74) is 7.91. The Bertz CT molecular complexity index is 456. The van der Waals surface area contributed by atoms with Gasteiger partial charge in [-0.25, -0.2) is 9.37 Å². The van der Waals surface area contributed by atoms with Gasteiger partial charge in [-0.2, -0.15) is 0 Å². The van der Waals surface area contributed by atoms with E-state index in [1.54, 1.807) is 6.20 Å². The lowest BCUT2D eigenvalue weighted by atomic mass is 10.1. The van der Waals surface area contributed by atoms with Crippen molar-refractivity contribution >= 4 is 0 Å². The number of aromatic amines is 1. The van der Waals surface area contributed by atoms with Crippen molar-refractivity contribution < 1.29 is 4.39 Å². The molecule has 0 unspecified atom stereocenters. The predicted octanol–water partition coefficient (Wildman–Crippen LogP) is 1.98. The molecule has 1 heterocycles. The third-order valence-electron chi connectivity index (χ3n) is 2.16. The van der Waals surface area contributed by atoms with Crippen LogP contribution in [-0.4, -0.2) is 9.97 Å². The first-order valence-electron chi connectivity index (χ1n) is 4.70. The van der Waals surface area contributed by atoms with Gasteiger partial charge in [-0.3, -0.25) is 0 Å². The first-order chi connectivity index (χ1) is 7.19. The summed E-state index contributed by atoms with van der Waals surface area (Å²) in [5, 5.41) is 0. The van der Waals surface area contributed by atoms with Gasteiger partial charge in [0.2, 0.25) is 0 Å². The average Bonchev–Trinajstić information content (AvgIpc) is 2.64. The summed E-state index contributed by atoms with van der Waals surface area (Å²) in [6.45, 7) is 2.25. The minimum absolute atomic E-state index is 0.254. The first kappa shape index (κ1) is 9.86. The highest BCUT2D eigenvalue weighted by molar-refractivity contribution is 5.56. The van der Waals surface area contributed by atoms with Crippen LogP contribution in [0.5, 0.6) is 0 Å². The molecule has 78 valence electrons. The number of benzene rings is 1. The van der Waals surface area contributed by atoms with Crippen LogP contribution in [0.1, 0.15) is 11.3 Å². The summed E-state index contributed by atoms with van der Waals surface area (Å²) >= 11 is 0. The van der Waals surface area contributed by atoms with Gasteiger partial charge in [0.05, 0.1) is 0 Å². The molecule has 2 aromatic rings. The van der Waals surface area contributed by atoms with E-state index in [0.717, 1.165) is 16.8 Å². The molecule has 0 amide bonds. The Hall–Kier alpha value is -1.68. The van der Waals surface area contributed by atoms with Gasteiger partial charge in [-0.05, 0) is 30.7 Å². The highest BCUT2D eigenvalue weighted by atomic mass is 19.1. The molecule has 0 fully saturated rings. The molecule has 0 saturated carbocycles. The van der Waals surface area contributed by atoms with Crippen LogP contribution in [0.3, 0.4) is 0 Å². The van der Waals surface area contributed by atoms with E-state index in [1.807, 2.05) is 13.0 Å². The van der Waals surface area contributed by atoms with Gasteiger partial charge in [0.1, 0.15) is 11.6 Å². The molecule has 0 radical (unpaired) electrons. The fraction of sp³-hybridized carbons (Fsp3) is 0.182. The van der Waals surface area contributed by atoms with Crippen molar-refractivity contribution in [2.45, 2.75) is 13.5 Å². The standard InChI is InChI=1S/C11H12FN3/c1-7-2-8(4-9(12)3-7)11-14-6-10(5-13)15-11/h2-4,6H,5,13H2,1H3,(H,14,15). The van der Waals surface area contributed by atoms with Crippen LogP contribution in [0, 0.1) is 12.7 Å². The van der Waals surface area contributed by atoms with Crippen molar-refractivity contribution in [3.63, 3.8) is 0 Å². The largest absolute Gasteiger partial charge is 0.341 e. The van der Waals surface area contributed by atoms with Crippen LogP contribution >= 0.6 is 0 Å². The van der Waals surface area contributed by atoms with Gasteiger partial charge in [0.25, 0.3) is 0 Å². The Morgan fingerprint density at radius 1 is 1.40 bits per heavy atom. The van der Waals surface area contributed by atoms with Crippen molar-refractivity contribution in [1.82, 2.24) is 9.97 Å². The van der Waals surface area contributed by atoms with Gasteiger partial charge in [-0.1, -0.05) is 0 Å². The number of rotatable bonds is 2. The van der Waals surface area contributed by atoms with Gasteiger partial charge >= 0.3 is 0 Å². The molecule has 2 rings (SSSR count). The lowest BCUT2D eigenvalue weighted by Gasteiger charge is -1.99. The van der Waals surface area contributed by atoms with Crippen LogP contribution in [0.15, 0.2) is 24.4 Å². The maximum Gasteiger partial charge on any atom is 0.137 e. The summed E-state index contributed by atoms with van der Waals surface area (Å²) in [5.74, 6) is 0.397. The lowest BCUT2D eigenvalue weighted by molar-refractivity contribution is 0.627. The number of aryl methyl sites for hydroxylation is 1. The fourth-order valence-corrected chi connectivity index (χ4v) is 1.48. The van der Waals surface area contributed by atoms with Crippen molar-refractivity contribution in [2.24, 2.45) is 5.73 Å². The summed E-state index contributed by atoms with van der Waals surface area (Å²) in [6, 6.07) is 4.81. The highest BCUT2D eigenvalue weighted by Crippen LogP contribution is 2.18. The number of halogens is 1. The van der Waals surface area contributed by atoms with Crippen molar-refractivity contribution in [3.05, 3.63) is 41.5 Å². The van der Waals surface area contributed by atoms with Gasteiger partial charge in [-0.15, -0.1) is 0 Å². The maximum absolute atomic E-state index is 13.1. The molecule has 3 nitrogen and oxygen atoms in total. The second-order valence-electron chi connectivity index (χ2n) is 3.48. The molecule has 1 aromatic carbocycles. The van der Waals surface area contributed by atoms with Crippen molar-refractivity contribution in [2.75, 3.05) is 0 Å². The SMILES string of the molecule is Cc1cc(F)cc(-c2ncc(CN)[nH]2)c1. The topological polar surface area (TPSA) is 54.7 Å². The monoisotopic (exact) mass is 205 g/mol. The number of imidazole rings is 1.